The minimum Gasteiger partial charge on any atom is -0.491 e. The van der Waals surface area contributed by atoms with Crippen molar-refractivity contribution in [2.24, 2.45) is 11.3 Å². The Hall–Kier alpha value is -1.31. The smallest absolute Gasteiger partial charge is 0.163 e. The van der Waals surface area contributed by atoms with Gasteiger partial charge in [-0.05, 0) is 49.4 Å². The Morgan fingerprint density at radius 1 is 1.11 bits per heavy atom. The van der Waals surface area contributed by atoms with Gasteiger partial charge in [-0.3, -0.25) is 4.79 Å². The third-order valence-electron chi connectivity index (χ3n) is 3.52. The molecule has 0 saturated heterocycles. The molecule has 106 valence electrons. The Morgan fingerprint density at radius 3 is 2.05 bits per heavy atom. The number of hydrogen-bond acceptors (Lipinski definition) is 2. The van der Waals surface area contributed by atoms with Crippen molar-refractivity contribution in [3.05, 3.63) is 29.8 Å². The van der Waals surface area contributed by atoms with Crippen LogP contribution in [-0.4, -0.2) is 11.9 Å². The highest BCUT2D eigenvalue weighted by molar-refractivity contribution is 5.96. The zero-order valence-corrected chi connectivity index (χ0v) is 13.0. The number of carbonyl (C=O) groups excluding carboxylic acids is 1. The molecule has 1 atom stereocenters. The van der Waals surface area contributed by atoms with E-state index in [9.17, 15) is 4.79 Å². The third-order valence-corrected chi connectivity index (χ3v) is 3.52. The lowest BCUT2D eigenvalue weighted by Crippen LogP contribution is -2.20. The van der Waals surface area contributed by atoms with Crippen LogP contribution >= 0.6 is 0 Å². The highest BCUT2D eigenvalue weighted by Crippen LogP contribution is 2.29. The third kappa shape index (κ3) is 5.06. The van der Waals surface area contributed by atoms with E-state index in [1.807, 2.05) is 38.1 Å². The largest absolute Gasteiger partial charge is 0.491 e. The maximum Gasteiger partial charge on any atom is 0.163 e. The minimum absolute atomic E-state index is 0.155. The topological polar surface area (TPSA) is 26.3 Å². The molecule has 2 heteroatoms. The van der Waals surface area contributed by atoms with Gasteiger partial charge in [0.1, 0.15) is 5.75 Å². The first kappa shape index (κ1) is 15.7. The number of Topliss-reactive ketones (excluding diaryl/α,β-unsaturated/α-hetero) is 1. The van der Waals surface area contributed by atoms with E-state index in [2.05, 4.69) is 27.7 Å². The Balaban J connectivity index is 2.68. The van der Waals surface area contributed by atoms with Crippen LogP contribution in [0.1, 0.15) is 58.3 Å². The summed E-state index contributed by atoms with van der Waals surface area (Å²) in [7, 11) is 0. The van der Waals surface area contributed by atoms with Crippen LogP contribution in [0.3, 0.4) is 0 Å². The summed E-state index contributed by atoms with van der Waals surface area (Å²) in [6, 6.07) is 7.45. The van der Waals surface area contributed by atoms with Gasteiger partial charge in [-0.15, -0.1) is 0 Å². The van der Waals surface area contributed by atoms with Crippen LogP contribution in [-0.2, 0) is 0 Å². The Kier molecular flexibility index (Phi) is 5.16. The zero-order chi connectivity index (χ0) is 14.6. The molecule has 0 aliphatic heterocycles. The summed E-state index contributed by atoms with van der Waals surface area (Å²) in [6.07, 6.45) is 0.746. The minimum atomic E-state index is 0.155. The van der Waals surface area contributed by atoms with Gasteiger partial charge in [0.25, 0.3) is 0 Å². The molecule has 1 aromatic carbocycles. The predicted molar refractivity (Wildman–Crippen MR) is 79.8 cm³/mol. The van der Waals surface area contributed by atoms with Crippen LogP contribution < -0.4 is 4.74 Å². The van der Waals surface area contributed by atoms with E-state index in [0.29, 0.717) is 12.3 Å². The van der Waals surface area contributed by atoms with Crippen LogP contribution in [0.2, 0.25) is 0 Å². The van der Waals surface area contributed by atoms with Gasteiger partial charge in [0, 0.05) is 12.0 Å². The monoisotopic (exact) mass is 262 g/mol. The molecule has 0 N–H and O–H groups in total. The maximum absolute atomic E-state index is 12.2. The average molecular weight is 262 g/mol. The van der Waals surface area contributed by atoms with Crippen LogP contribution in [0.25, 0.3) is 0 Å². The first-order chi connectivity index (χ1) is 8.70. The number of hydrogen-bond donors (Lipinski definition) is 0. The van der Waals surface area contributed by atoms with Crippen molar-refractivity contribution >= 4 is 5.78 Å². The number of benzene rings is 1. The first-order valence-corrected chi connectivity index (χ1v) is 7.00. The molecule has 0 radical (unpaired) electrons. The fourth-order valence-electron chi connectivity index (χ4n) is 1.69. The molecule has 1 unspecified atom stereocenters. The molecule has 0 spiro atoms. The molecule has 1 rings (SSSR count). The van der Waals surface area contributed by atoms with E-state index in [0.717, 1.165) is 11.3 Å². The van der Waals surface area contributed by atoms with E-state index in [4.69, 9.17) is 4.74 Å². The van der Waals surface area contributed by atoms with Gasteiger partial charge in [0.05, 0.1) is 6.10 Å². The van der Waals surface area contributed by atoms with Crippen molar-refractivity contribution in [3.8, 4) is 5.75 Å². The normalized spacial score (nSPS) is 13.4. The lowest BCUT2D eigenvalue weighted by molar-refractivity contribution is 0.0927. The van der Waals surface area contributed by atoms with Crippen molar-refractivity contribution in [1.29, 1.82) is 0 Å². The molecule has 19 heavy (non-hydrogen) atoms. The second-order valence-electron chi connectivity index (χ2n) is 6.59. The molecule has 0 fully saturated rings. The molecular formula is C17H26O2. The molecule has 0 aliphatic carbocycles. The van der Waals surface area contributed by atoms with Crippen LogP contribution in [0, 0.1) is 11.3 Å². The lowest BCUT2D eigenvalue weighted by Gasteiger charge is -2.26. The van der Waals surface area contributed by atoms with E-state index in [1.54, 1.807) is 0 Å². The Morgan fingerprint density at radius 2 is 1.63 bits per heavy atom. The fraction of sp³-hybridized carbons (Fsp3) is 0.588. The average Bonchev–Trinajstić information content (AvgIpc) is 2.27. The van der Waals surface area contributed by atoms with Gasteiger partial charge in [-0.25, -0.2) is 0 Å². The standard InChI is InChI=1S/C17H26O2/c1-12(2)19-15-9-7-14(8-10-15)16(18)11-13(3)17(4,5)6/h7-10,12-13H,11H2,1-6H3. The van der Waals surface area contributed by atoms with E-state index < -0.39 is 0 Å². The van der Waals surface area contributed by atoms with Crippen LogP contribution in [0.15, 0.2) is 24.3 Å². The summed E-state index contributed by atoms with van der Waals surface area (Å²) in [4.78, 5) is 12.2. The Bertz CT molecular complexity index is 410. The molecule has 0 amide bonds. The summed E-state index contributed by atoms with van der Waals surface area (Å²) in [5.41, 5.74) is 0.934. The molecule has 0 bridgehead atoms. The molecule has 0 aromatic heterocycles. The van der Waals surface area contributed by atoms with Gasteiger partial charge < -0.3 is 4.74 Å². The van der Waals surface area contributed by atoms with E-state index in [-0.39, 0.29) is 17.3 Å². The molecular weight excluding hydrogens is 236 g/mol. The van der Waals surface area contributed by atoms with Gasteiger partial charge in [0.15, 0.2) is 5.78 Å². The van der Waals surface area contributed by atoms with E-state index >= 15 is 0 Å². The van der Waals surface area contributed by atoms with Crippen molar-refractivity contribution in [1.82, 2.24) is 0 Å². The fourth-order valence-corrected chi connectivity index (χ4v) is 1.69. The lowest BCUT2D eigenvalue weighted by atomic mass is 9.78. The van der Waals surface area contributed by atoms with Crippen molar-refractivity contribution in [2.75, 3.05) is 0 Å². The van der Waals surface area contributed by atoms with Gasteiger partial charge in [0.2, 0.25) is 0 Å². The maximum atomic E-state index is 12.2. The van der Waals surface area contributed by atoms with Gasteiger partial charge in [-0.2, -0.15) is 0 Å². The van der Waals surface area contributed by atoms with E-state index in [1.165, 1.54) is 0 Å². The summed E-state index contributed by atoms with van der Waals surface area (Å²) >= 11 is 0. The summed E-state index contributed by atoms with van der Waals surface area (Å²) in [5, 5.41) is 0. The molecule has 0 saturated carbocycles. The highest BCUT2D eigenvalue weighted by Gasteiger charge is 2.23. The van der Waals surface area contributed by atoms with Crippen LogP contribution in [0.4, 0.5) is 0 Å². The molecule has 0 aliphatic rings. The zero-order valence-electron chi connectivity index (χ0n) is 13.0. The Labute approximate surface area is 117 Å². The molecule has 0 heterocycles. The second kappa shape index (κ2) is 6.23. The summed E-state index contributed by atoms with van der Waals surface area (Å²) in [6.45, 7) is 12.6. The summed E-state index contributed by atoms with van der Waals surface area (Å²) < 4.78 is 5.57. The molecule has 2 nitrogen and oxygen atoms in total. The second-order valence-corrected chi connectivity index (χ2v) is 6.59. The first-order valence-electron chi connectivity index (χ1n) is 7.00. The molecule has 1 aromatic rings. The number of carbonyl (C=O) groups is 1. The summed E-state index contributed by atoms with van der Waals surface area (Å²) in [5.74, 6) is 1.39. The quantitative estimate of drug-likeness (QED) is 0.717. The SMILES string of the molecule is CC(C)Oc1ccc(C(=O)CC(C)C(C)(C)C)cc1. The van der Waals surface area contributed by atoms with Gasteiger partial charge in [-0.1, -0.05) is 27.7 Å². The highest BCUT2D eigenvalue weighted by atomic mass is 16.5. The number of rotatable bonds is 5. The van der Waals surface area contributed by atoms with Crippen molar-refractivity contribution in [3.63, 3.8) is 0 Å². The van der Waals surface area contributed by atoms with Crippen molar-refractivity contribution in [2.45, 2.75) is 54.1 Å². The van der Waals surface area contributed by atoms with Gasteiger partial charge >= 0.3 is 0 Å². The predicted octanol–water partition coefficient (Wildman–Crippen LogP) is 4.73. The van der Waals surface area contributed by atoms with Crippen LogP contribution in [0.5, 0.6) is 5.75 Å². The van der Waals surface area contributed by atoms with Crippen molar-refractivity contribution < 1.29 is 9.53 Å². The number of ether oxygens (including phenoxy) is 1. The number of ketones is 1.